The van der Waals surface area contributed by atoms with Crippen LogP contribution in [0.2, 0.25) is 0 Å². The highest BCUT2D eigenvalue weighted by molar-refractivity contribution is 7.98. The van der Waals surface area contributed by atoms with Crippen molar-refractivity contribution in [1.82, 2.24) is 15.5 Å². The second kappa shape index (κ2) is 11.2. The molecular formula is C14H30N4OS. The molecule has 0 bridgehead atoms. The minimum atomic E-state index is -0.0785. The van der Waals surface area contributed by atoms with Crippen LogP contribution in [0.1, 0.15) is 26.2 Å². The van der Waals surface area contributed by atoms with Crippen LogP contribution in [0.3, 0.4) is 0 Å². The number of aliphatic hydroxyl groups is 1. The van der Waals surface area contributed by atoms with Crippen molar-refractivity contribution < 1.29 is 5.11 Å². The van der Waals surface area contributed by atoms with E-state index in [2.05, 4.69) is 33.7 Å². The van der Waals surface area contributed by atoms with Crippen LogP contribution in [-0.2, 0) is 0 Å². The summed E-state index contributed by atoms with van der Waals surface area (Å²) in [6, 6.07) is 0. The smallest absolute Gasteiger partial charge is 0.191 e. The highest BCUT2D eigenvalue weighted by Crippen LogP contribution is 2.09. The first-order valence-corrected chi connectivity index (χ1v) is 9.07. The van der Waals surface area contributed by atoms with E-state index in [1.807, 2.05) is 11.8 Å². The summed E-state index contributed by atoms with van der Waals surface area (Å²) >= 11 is 1.84. The highest BCUT2D eigenvalue weighted by Gasteiger charge is 2.15. The minimum absolute atomic E-state index is 0.0785. The van der Waals surface area contributed by atoms with Crippen LogP contribution < -0.4 is 10.6 Å². The van der Waals surface area contributed by atoms with Gasteiger partial charge in [0, 0.05) is 38.5 Å². The Morgan fingerprint density at radius 2 is 2.10 bits per heavy atom. The predicted molar refractivity (Wildman–Crippen MR) is 88.7 cm³/mol. The van der Waals surface area contributed by atoms with E-state index in [0.29, 0.717) is 0 Å². The van der Waals surface area contributed by atoms with Gasteiger partial charge in [-0.15, -0.1) is 0 Å². The number of aliphatic imine (C=N–C) groups is 1. The Kier molecular flexibility index (Phi) is 9.87. The molecular weight excluding hydrogens is 272 g/mol. The summed E-state index contributed by atoms with van der Waals surface area (Å²) in [6.07, 6.45) is 4.95. The quantitative estimate of drug-likeness (QED) is 0.351. The zero-order chi connectivity index (χ0) is 14.6. The van der Waals surface area contributed by atoms with Gasteiger partial charge in [-0.1, -0.05) is 0 Å². The summed E-state index contributed by atoms with van der Waals surface area (Å²) in [7, 11) is 0. The zero-order valence-corrected chi connectivity index (χ0v) is 13.7. The summed E-state index contributed by atoms with van der Waals surface area (Å²) in [5.41, 5.74) is 0. The lowest BCUT2D eigenvalue weighted by Gasteiger charge is -2.29. The molecule has 0 amide bonds. The third kappa shape index (κ3) is 7.97. The second-order valence-electron chi connectivity index (χ2n) is 5.11. The zero-order valence-electron chi connectivity index (χ0n) is 12.9. The Balaban J connectivity index is 2.15. The number of guanidine groups is 1. The van der Waals surface area contributed by atoms with E-state index in [-0.39, 0.29) is 6.10 Å². The molecule has 0 radical (unpaired) electrons. The molecule has 1 heterocycles. The van der Waals surface area contributed by atoms with Gasteiger partial charge in [0.25, 0.3) is 0 Å². The van der Waals surface area contributed by atoms with Crippen LogP contribution in [0.25, 0.3) is 0 Å². The molecule has 118 valence electrons. The first kappa shape index (κ1) is 17.6. The molecule has 0 aliphatic carbocycles. The van der Waals surface area contributed by atoms with Crippen molar-refractivity contribution in [2.45, 2.75) is 32.3 Å². The molecule has 1 saturated heterocycles. The molecule has 3 N–H and O–H groups in total. The normalized spacial score (nSPS) is 18.2. The van der Waals surface area contributed by atoms with Crippen molar-refractivity contribution in [3.63, 3.8) is 0 Å². The van der Waals surface area contributed by atoms with E-state index >= 15 is 0 Å². The molecule has 6 heteroatoms. The molecule has 1 rings (SSSR count). The van der Waals surface area contributed by atoms with Crippen molar-refractivity contribution in [2.24, 2.45) is 4.99 Å². The molecule has 0 aromatic carbocycles. The Bertz CT molecular complexity index is 268. The van der Waals surface area contributed by atoms with Crippen LogP contribution >= 0.6 is 11.8 Å². The monoisotopic (exact) mass is 302 g/mol. The molecule has 5 nitrogen and oxygen atoms in total. The maximum atomic E-state index is 9.47. The Hall–Kier alpha value is -0.460. The number of aliphatic hydroxyl groups excluding tert-OH is 1. The van der Waals surface area contributed by atoms with Crippen LogP contribution in [0, 0.1) is 0 Å². The maximum Gasteiger partial charge on any atom is 0.191 e. The van der Waals surface area contributed by atoms with Gasteiger partial charge >= 0.3 is 0 Å². The van der Waals surface area contributed by atoms with Crippen LogP contribution in [0.4, 0.5) is 0 Å². The summed E-state index contributed by atoms with van der Waals surface area (Å²) in [5.74, 6) is 2.02. The largest absolute Gasteiger partial charge is 0.393 e. The van der Waals surface area contributed by atoms with Gasteiger partial charge in [0.1, 0.15) is 0 Å². The van der Waals surface area contributed by atoms with E-state index < -0.39 is 0 Å². The fourth-order valence-electron chi connectivity index (χ4n) is 2.24. The van der Waals surface area contributed by atoms with Gasteiger partial charge in [-0.05, 0) is 39.0 Å². The van der Waals surface area contributed by atoms with E-state index in [0.717, 1.165) is 70.2 Å². The number of nitrogens with one attached hydrogen (secondary N) is 2. The van der Waals surface area contributed by atoms with Crippen LogP contribution in [-0.4, -0.2) is 73.3 Å². The Morgan fingerprint density at radius 3 is 2.75 bits per heavy atom. The molecule has 0 atom stereocenters. The Morgan fingerprint density at radius 1 is 1.35 bits per heavy atom. The fourth-order valence-corrected chi connectivity index (χ4v) is 2.55. The van der Waals surface area contributed by atoms with Crippen LogP contribution in [0.5, 0.6) is 0 Å². The number of piperidine rings is 1. The lowest BCUT2D eigenvalue weighted by atomic mass is 10.1. The third-order valence-corrected chi connectivity index (χ3v) is 4.01. The number of hydrogen-bond acceptors (Lipinski definition) is 4. The van der Waals surface area contributed by atoms with Gasteiger partial charge in [-0.3, -0.25) is 4.99 Å². The lowest BCUT2D eigenvalue weighted by Crippen LogP contribution is -2.39. The average molecular weight is 302 g/mol. The first-order chi connectivity index (χ1) is 9.76. The molecule has 1 aliphatic heterocycles. The van der Waals surface area contributed by atoms with Gasteiger partial charge in [0.15, 0.2) is 5.96 Å². The average Bonchev–Trinajstić information content (AvgIpc) is 2.45. The van der Waals surface area contributed by atoms with E-state index in [4.69, 9.17) is 0 Å². The summed E-state index contributed by atoms with van der Waals surface area (Å²) in [4.78, 5) is 7.02. The standard InChI is InChI=1S/C14H30N4OS/c1-3-15-14(17-8-12-20-2)16-7-4-9-18-10-5-13(19)6-11-18/h13,19H,3-12H2,1-2H3,(H2,15,16,17). The summed E-state index contributed by atoms with van der Waals surface area (Å²) in [5, 5.41) is 16.1. The molecule has 1 fully saturated rings. The van der Waals surface area contributed by atoms with Crippen LogP contribution in [0.15, 0.2) is 4.99 Å². The second-order valence-corrected chi connectivity index (χ2v) is 6.09. The van der Waals surface area contributed by atoms with Gasteiger partial charge in [0.2, 0.25) is 0 Å². The predicted octanol–water partition coefficient (Wildman–Crippen LogP) is 0.751. The molecule has 0 saturated carbocycles. The van der Waals surface area contributed by atoms with Gasteiger partial charge in [-0.25, -0.2) is 0 Å². The molecule has 0 unspecified atom stereocenters. The van der Waals surface area contributed by atoms with Gasteiger partial charge in [-0.2, -0.15) is 11.8 Å². The number of nitrogens with zero attached hydrogens (tertiary/aromatic N) is 2. The van der Waals surface area contributed by atoms with Crippen molar-refractivity contribution in [3.05, 3.63) is 0 Å². The minimum Gasteiger partial charge on any atom is -0.393 e. The molecule has 0 aromatic rings. The first-order valence-electron chi connectivity index (χ1n) is 7.67. The highest BCUT2D eigenvalue weighted by atomic mass is 32.2. The van der Waals surface area contributed by atoms with Crippen molar-refractivity contribution in [2.75, 3.05) is 51.3 Å². The summed E-state index contributed by atoms with van der Waals surface area (Å²) in [6.45, 7) is 7.93. The number of thioether (sulfide) groups is 1. The number of rotatable bonds is 8. The van der Waals surface area contributed by atoms with E-state index in [9.17, 15) is 5.11 Å². The van der Waals surface area contributed by atoms with Gasteiger partial charge < -0.3 is 20.6 Å². The third-order valence-electron chi connectivity index (χ3n) is 3.40. The SMILES string of the molecule is CCNC(=NCCCN1CCC(O)CC1)NCCSC. The number of hydrogen-bond donors (Lipinski definition) is 3. The fraction of sp³-hybridized carbons (Fsp3) is 0.929. The molecule has 1 aliphatic rings. The topological polar surface area (TPSA) is 59.9 Å². The number of likely N-dealkylation sites (tertiary alicyclic amines) is 1. The summed E-state index contributed by atoms with van der Waals surface area (Å²) < 4.78 is 0. The van der Waals surface area contributed by atoms with Crippen molar-refractivity contribution in [1.29, 1.82) is 0 Å². The molecule has 20 heavy (non-hydrogen) atoms. The molecule has 0 spiro atoms. The lowest BCUT2D eigenvalue weighted by molar-refractivity contribution is 0.0824. The van der Waals surface area contributed by atoms with Crippen molar-refractivity contribution >= 4 is 17.7 Å². The Labute approximate surface area is 127 Å². The molecule has 0 aromatic heterocycles. The van der Waals surface area contributed by atoms with E-state index in [1.54, 1.807) is 0 Å². The van der Waals surface area contributed by atoms with Gasteiger partial charge in [0.05, 0.1) is 6.10 Å². The van der Waals surface area contributed by atoms with Crippen molar-refractivity contribution in [3.8, 4) is 0 Å². The maximum absolute atomic E-state index is 9.47. The van der Waals surface area contributed by atoms with E-state index in [1.165, 1.54) is 0 Å².